The monoisotopic (exact) mass is 266 g/mol. The summed E-state index contributed by atoms with van der Waals surface area (Å²) in [6, 6.07) is 12.4. The Morgan fingerprint density at radius 1 is 1.15 bits per heavy atom. The maximum absolute atomic E-state index is 5.90. The number of hydrogen-bond acceptors (Lipinski definition) is 3. The first kappa shape index (κ1) is 12.9. The lowest BCUT2D eigenvalue weighted by molar-refractivity contribution is 0.434. The van der Waals surface area contributed by atoms with Crippen LogP contribution in [-0.4, -0.2) is 12.0 Å². The highest BCUT2D eigenvalue weighted by Crippen LogP contribution is 2.29. The van der Waals surface area contributed by atoms with Crippen LogP contribution in [0.3, 0.4) is 0 Å². The first-order valence-electron chi connectivity index (χ1n) is 6.92. The number of benzene rings is 1. The minimum atomic E-state index is 0.0221. The molecule has 0 spiro atoms. The predicted molar refractivity (Wildman–Crippen MR) is 80.7 cm³/mol. The second kappa shape index (κ2) is 5.47. The average Bonchev–Trinajstić information content (AvgIpc) is 2.97. The molecule has 3 rings (SSSR count). The Labute approximate surface area is 118 Å². The van der Waals surface area contributed by atoms with E-state index in [0.29, 0.717) is 0 Å². The number of nitrogens with zero attached hydrogens (tertiary/aromatic N) is 1. The van der Waals surface area contributed by atoms with E-state index in [9.17, 15) is 0 Å². The first-order valence-corrected chi connectivity index (χ1v) is 6.92. The van der Waals surface area contributed by atoms with Crippen molar-refractivity contribution in [3.63, 3.8) is 0 Å². The van der Waals surface area contributed by atoms with Crippen LogP contribution in [0, 0.1) is 0 Å². The van der Waals surface area contributed by atoms with Gasteiger partial charge >= 0.3 is 0 Å². The summed E-state index contributed by atoms with van der Waals surface area (Å²) in [5.74, 6) is 1.94. The molecule has 0 aliphatic rings. The number of hydrogen-bond donors (Lipinski definition) is 1. The summed E-state index contributed by atoms with van der Waals surface area (Å²) in [6.45, 7) is 2.09. The largest absolute Gasteiger partial charge is 0.464 e. The number of fused-ring (bicyclic) bond motifs is 1. The van der Waals surface area contributed by atoms with Gasteiger partial charge in [0.25, 0.3) is 0 Å². The molecule has 20 heavy (non-hydrogen) atoms. The summed E-state index contributed by atoms with van der Waals surface area (Å²) in [4.78, 5) is 4.35. The van der Waals surface area contributed by atoms with Crippen molar-refractivity contribution in [1.29, 1.82) is 0 Å². The molecule has 2 heterocycles. The lowest BCUT2D eigenvalue weighted by Gasteiger charge is -2.16. The summed E-state index contributed by atoms with van der Waals surface area (Å²) in [5, 5.41) is 5.68. The van der Waals surface area contributed by atoms with Crippen LogP contribution in [0.25, 0.3) is 10.8 Å². The van der Waals surface area contributed by atoms with E-state index >= 15 is 0 Å². The van der Waals surface area contributed by atoms with Gasteiger partial charge in [-0.05, 0) is 24.6 Å². The van der Waals surface area contributed by atoms with E-state index < -0.39 is 0 Å². The van der Waals surface area contributed by atoms with Gasteiger partial charge in [0.05, 0.1) is 6.04 Å². The number of aromatic nitrogens is 1. The minimum absolute atomic E-state index is 0.0221. The second-order valence-corrected chi connectivity index (χ2v) is 4.83. The third-order valence-electron chi connectivity index (χ3n) is 3.61. The van der Waals surface area contributed by atoms with Crippen molar-refractivity contribution in [3.05, 3.63) is 65.9 Å². The fourth-order valence-corrected chi connectivity index (χ4v) is 2.56. The Morgan fingerprint density at radius 2 is 2.00 bits per heavy atom. The standard InChI is InChI=1S/C17H18N2O/c1-3-13-8-9-16(20-13)17(18-2)15-11-19-10-12-6-4-5-7-14(12)15/h4-11,17-18H,3H2,1-2H3. The van der Waals surface area contributed by atoms with Crippen LogP contribution < -0.4 is 5.32 Å². The molecular weight excluding hydrogens is 248 g/mol. The second-order valence-electron chi connectivity index (χ2n) is 4.83. The molecule has 102 valence electrons. The Kier molecular flexibility index (Phi) is 3.52. The molecule has 0 radical (unpaired) electrons. The summed E-state index contributed by atoms with van der Waals surface area (Å²) < 4.78 is 5.90. The zero-order valence-electron chi connectivity index (χ0n) is 11.8. The van der Waals surface area contributed by atoms with Crippen LogP contribution in [0.5, 0.6) is 0 Å². The molecule has 3 aromatic rings. The summed E-state index contributed by atoms with van der Waals surface area (Å²) in [6.07, 6.45) is 4.72. The van der Waals surface area contributed by atoms with Gasteiger partial charge in [0.1, 0.15) is 11.5 Å². The highest BCUT2D eigenvalue weighted by molar-refractivity contribution is 5.85. The van der Waals surface area contributed by atoms with E-state index in [-0.39, 0.29) is 6.04 Å². The van der Waals surface area contributed by atoms with Gasteiger partial charge in [-0.15, -0.1) is 0 Å². The molecule has 3 nitrogen and oxygen atoms in total. The van der Waals surface area contributed by atoms with Crippen molar-refractivity contribution >= 4 is 10.8 Å². The highest BCUT2D eigenvalue weighted by Gasteiger charge is 2.18. The fourth-order valence-electron chi connectivity index (χ4n) is 2.56. The smallest absolute Gasteiger partial charge is 0.125 e. The molecule has 1 unspecified atom stereocenters. The zero-order valence-corrected chi connectivity index (χ0v) is 11.8. The predicted octanol–water partition coefficient (Wildman–Crippen LogP) is 3.70. The molecule has 0 bridgehead atoms. The van der Waals surface area contributed by atoms with Gasteiger partial charge in [-0.2, -0.15) is 0 Å². The van der Waals surface area contributed by atoms with E-state index in [1.165, 1.54) is 5.39 Å². The Balaban J connectivity index is 2.11. The number of pyridine rings is 1. The number of aryl methyl sites for hydroxylation is 1. The number of nitrogens with one attached hydrogen (secondary N) is 1. The van der Waals surface area contributed by atoms with E-state index in [4.69, 9.17) is 4.42 Å². The maximum Gasteiger partial charge on any atom is 0.125 e. The van der Waals surface area contributed by atoms with Crippen molar-refractivity contribution in [3.8, 4) is 0 Å². The molecule has 0 aliphatic carbocycles. The van der Waals surface area contributed by atoms with Crippen molar-refractivity contribution in [2.75, 3.05) is 7.05 Å². The van der Waals surface area contributed by atoms with Gasteiger partial charge < -0.3 is 9.73 Å². The average molecular weight is 266 g/mol. The Bertz CT molecular complexity index is 712. The van der Waals surface area contributed by atoms with Gasteiger partial charge in [0.2, 0.25) is 0 Å². The van der Waals surface area contributed by atoms with Crippen LogP contribution in [-0.2, 0) is 6.42 Å². The molecule has 1 atom stereocenters. The molecule has 0 aliphatic heterocycles. The molecule has 2 aromatic heterocycles. The molecule has 3 heteroatoms. The van der Waals surface area contributed by atoms with Gasteiger partial charge in [-0.1, -0.05) is 31.2 Å². The van der Waals surface area contributed by atoms with E-state index in [1.54, 1.807) is 0 Å². The molecule has 0 amide bonds. The Morgan fingerprint density at radius 3 is 2.75 bits per heavy atom. The normalized spacial score (nSPS) is 12.7. The third kappa shape index (κ3) is 2.21. The summed E-state index contributed by atoms with van der Waals surface area (Å²) in [7, 11) is 1.95. The summed E-state index contributed by atoms with van der Waals surface area (Å²) in [5.41, 5.74) is 1.14. The SMILES string of the molecule is CCc1ccc(C(NC)c2cncc3ccccc23)o1. The van der Waals surface area contributed by atoms with Crippen LogP contribution in [0.1, 0.15) is 30.0 Å². The first-order chi connectivity index (χ1) is 9.83. The lowest BCUT2D eigenvalue weighted by Crippen LogP contribution is -2.17. The molecule has 1 N–H and O–H groups in total. The van der Waals surface area contributed by atoms with E-state index in [0.717, 1.165) is 28.9 Å². The molecule has 0 saturated carbocycles. The van der Waals surface area contributed by atoms with Crippen molar-refractivity contribution in [2.24, 2.45) is 0 Å². The van der Waals surface area contributed by atoms with Crippen LogP contribution in [0.2, 0.25) is 0 Å². The van der Waals surface area contributed by atoms with Gasteiger partial charge in [-0.25, -0.2) is 0 Å². The van der Waals surface area contributed by atoms with Crippen LogP contribution in [0.4, 0.5) is 0 Å². The maximum atomic E-state index is 5.90. The number of furan rings is 1. The highest BCUT2D eigenvalue weighted by atomic mass is 16.3. The van der Waals surface area contributed by atoms with Gasteiger partial charge in [-0.3, -0.25) is 4.98 Å². The van der Waals surface area contributed by atoms with Crippen molar-refractivity contribution in [1.82, 2.24) is 10.3 Å². The van der Waals surface area contributed by atoms with Gasteiger partial charge in [0, 0.05) is 29.8 Å². The topological polar surface area (TPSA) is 38.1 Å². The Hall–Kier alpha value is -2.13. The minimum Gasteiger partial charge on any atom is -0.464 e. The molecular formula is C17H18N2O. The number of rotatable bonds is 4. The van der Waals surface area contributed by atoms with Crippen molar-refractivity contribution in [2.45, 2.75) is 19.4 Å². The van der Waals surface area contributed by atoms with Crippen LogP contribution in [0.15, 0.2) is 53.2 Å². The van der Waals surface area contributed by atoms with Crippen LogP contribution >= 0.6 is 0 Å². The lowest BCUT2D eigenvalue weighted by atomic mass is 10.00. The van der Waals surface area contributed by atoms with E-state index in [2.05, 4.69) is 35.4 Å². The fraction of sp³-hybridized carbons (Fsp3) is 0.235. The zero-order chi connectivity index (χ0) is 13.9. The summed E-state index contributed by atoms with van der Waals surface area (Å²) >= 11 is 0. The quantitative estimate of drug-likeness (QED) is 0.782. The van der Waals surface area contributed by atoms with Crippen molar-refractivity contribution < 1.29 is 4.42 Å². The molecule has 1 aromatic carbocycles. The van der Waals surface area contributed by atoms with Gasteiger partial charge in [0.15, 0.2) is 0 Å². The van der Waals surface area contributed by atoms with E-state index in [1.807, 2.05) is 37.6 Å². The molecule has 0 saturated heterocycles. The third-order valence-corrected chi connectivity index (χ3v) is 3.61. The molecule has 0 fully saturated rings.